The van der Waals surface area contributed by atoms with Gasteiger partial charge in [-0.15, -0.1) is 0 Å². The molecule has 0 radical (unpaired) electrons. The Labute approximate surface area is 163 Å². The first-order valence-corrected chi connectivity index (χ1v) is 9.80. The SMILES string of the molecule is CC(C)CC1(CC(C)C)N=c2ccc3c(O)c4c(O)cccc4c(O)c3c2=N1. The zero-order chi connectivity index (χ0) is 20.2. The molecule has 0 aliphatic carbocycles. The van der Waals surface area contributed by atoms with Gasteiger partial charge in [0.1, 0.15) is 17.2 Å². The molecule has 3 aromatic carbocycles. The van der Waals surface area contributed by atoms with Crippen LogP contribution >= 0.6 is 0 Å². The van der Waals surface area contributed by atoms with Crippen LogP contribution in [0.2, 0.25) is 0 Å². The summed E-state index contributed by atoms with van der Waals surface area (Å²) in [5.41, 5.74) is -0.547. The maximum Gasteiger partial charge on any atom is 0.152 e. The van der Waals surface area contributed by atoms with Crippen LogP contribution in [0.5, 0.6) is 17.2 Å². The molecule has 0 atom stereocenters. The van der Waals surface area contributed by atoms with Crippen molar-refractivity contribution in [2.75, 3.05) is 0 Å². The Bertz CT molecular complexity index is 1200. The molecule has 5 heteroatoms. The molecule has 0 bridgehead atoms. The first-order valence-electron chi connectivity index (χ1n) is 9.80. The van der Waals surface area contributed by atoms with Crippen molar-refractivity contribution in [1.29, 1.82) is 0 Å². The van der Waals surface area contributed by atoms with Crippen molar-refractivity contribution in [2.24, 2.45) is 21.8 Å². The summed E-state index contributed by atoms with van der Waals surface area (Å²) in [6, 6.07) is 8.42. The number of aromatic hydroxyl groups is 3. The van der Waals surface area contributed by atoms with E-state index in [1.54, 1.807) is 18.2 Å². The van der Waals surface area contributed by atoms with E-state index in [0.29, 0.717) is 33.4 Å². The van der Waals surface area contributed by atoms with Gasteiger partial charge in [0, 0.05) is 10.8 Å². The van der Waals surface area contributed by atoms with E-state index >= 15 is 0 Å². The molecular formula is C23H26N2O3. The van der Waals surface area contributed by atoms with Crippen LogP contribution in [0.4, 0.5) is 0 Å². The Morgan fingerprint density at radius 1 is 0.786 bits per heavy atom. The fourth-order valence-corrected chi connectivity index (χ4v) is 4.51. The van der Waals surface area contributed by atoms with Crippen molar-refractivity contribution < 1.29 is 15.3 Å². The Morgan fingerprint density at radius 3 is 2.04 bits per heavy atom. The summed E-state index contributed by atoms with van der Waals surface area (Å²) in [7, 11) is 0. The largest absolute Gasteiger partial charge is 0.507 e. The number of rotatable bonds is 4. The van der Waals surface area contributed by atoms with Gasteiger partial charge in [-0.3, -0.25) is 9.98 Å². The van der Waals surface area contributed by atoms with Gasteiger partial charge in [0.15, 0.2) is 5.66 Å². The van der Waals surface area contributed by atoms with E-state index in [9.17, 15) is 15.3 Å². The zero-order valence-corrected chi connectivity index (χ0v) is 16.7. The minimum atomic E-state index is -0.547. The number of nitrogens with zero attached hydrogens (tertiary/aromatic N) is 2. The van der Waals surface area contributed by atoms with E-state index in [2.05, 4.69) is 27.7 Å². The standard InChI is InChI=1S/C23H26N2O3/c1-12(2)10-23(11-13(3)4)24-16-9-8-15-19(20(16)25-23)22(28)14-6-5-7-17(26)18(14)21(15)27/h5-9,12-13,26-28H,10-11H2,1-4H3. The summed E-state index contributed by atoms with van der Waals surface area (Å²) in [5.74, 6) is 0.741. The number of benzene rings is 3. The van der Waals surface area contributed by atoms with Gasteiger partial charge in [-0.25, -0.2) is 0 Å². The van der Waals surface area contributed by atoms with Gasteiger partial charge in [-0.1, -0.05) is 39.8 Å². The summed E-state index contributed by atoms with van der Waals surface area (Å²) in [6.45, 7) is 8.64. The predicted octanol–water partition coefficient (Wildman–Crippen LogP) is 4.15. The molecule has 5 nitrogen and oxygen atoms in total. The van der Waals surface area contributed by atoms with Crippen LogP contribution in [0, 0.1) is 11.8 Å². The Kier molecular flexibility index (Phi) is 4.21. The van der Waals surface area contributed by atoms with E-state index in [-0.39, 0.29) is 22.6 Å². The Morgan fingerprint density at radius 2 is 1.39 bits per heavy atom. The van der Waals surface area contributed by atoms with E-state index in [1.165, 1.54) is 6.07 Å². The van der Waals surface area contributed by atoms with Gasteiger partial charge >= 0.3 is 0 Å². The molecule has 3 aromatic rings. The van der Waals surface area contributed by atoms with Crippen molar-refractivity contribution in [3.63, 3.8) is 0 Å². The Hall–Kier alpha value is -2.82. The normalized spacial score (nSPS) is 15.2. The predicted molar refractivity (Wildman–Crippen MR) is 110 cm³/mol. The van der Waals surface area contributed by atoms with Crippen molar-refractivity contribution in [2.45, 2.75) is 46.2 Å². The molecule has 1 heterocycles. The van der Waals surface area contributed by atoms with E-state index < -0.39 is 5.66 Å². The third-order valence-corrected chi connectivity index (χ3v) is 5.30. The van der Waals surface area contributed by atoms with Crippen LogP contribution in [0.3, 0.4) is 0 Å². The van der Waals surface area contributed by atoms with Gasteiger partial charge in [0.25, 0.3) is 0 Å². The average molecular weight is 378 g/mol. The van der Waals surface area contributed by atoms with Crippen molar-refractivity contribution in [3.05, 3.63) is 41.0 Å². The third kappa shape index (κ3) is 2.77. The fraction of sp³-hybridized carbons (Fsp3) is 0.391. The molecular weight excluding hydrogens is 352 g/mol. The zero-order valence-electron chi connectivity index (χ0n) is 16.7. The summed E-state index contributed by atoms with van der Waals surface area (Å²) < 4.78 is 0. The van der Waals surface area contributed by atoms with E-state index in [0.717, 1.165) is 18.2 Å². The van der Waals surface area contributed by atoms with Crippen LogP contribution < -0.4 is 10.7 Å². The number of hydrogen-bond donors (Lipinski definition) is 3. The fourth-order valence-electron chi connectivity index (χ4n) is 4.51. The first-order chi connectivity index (χ1) is 13.2. The lowest BCUT2D eigenvalue weighted by atomic mass is 9.90. The highest BCUT2D eigenvalue weighted by Gasteiger charge is 2.34. The smallest absolute Gasteiger partial charge is 0.152 e. The van der Waals surface area contributed by atoms with Gasteiger partial charge in [0.2, 0.25) is 0 Å². The molecule has 146 valence electrons. The maximum atomic E-state index is 11.0. The minimum Gasteiger partial charge on any atom is -0.507 e. The Balaban J connectivity index is 2.11. The summed E-state index contributed by atoms with van der Waals surface area (Å²) in [4.78, 5) is 10.00. The van der Waals surface area contributed by atoms with Crippen LogP contribution in [0.15, 0.2) is 40.3 Å². The molecule has 0 aromatic heterocycles. The lowest BCUT2D eigenvalue weighted by molar-refractivity contribution is 0.296. The molecule has 0 fully saturated rings. The summed E-state index contributed by atoms with van der Waals surface area (Å²) in [5, 5.41) is 35.0. The topological polar surface area (TPSA) is 85.4 Å². The van der Waals surface area contributed by atoms with Gasteiger partial charge in [-0.2, -0.15) is 0 Å². The average Bonchev–Trinajstić information content (AvgIpc) is 2.94. The van der Waals surface area contributed by atoms with Crippen molar-refractivity contribution >= 4 is 21.5 Å². The number of phenolic OH excluding ortho intramolecular Hbond substituents is 3. The van der Waals surface area contributed by atoms with Gasteiger partial charge < -0.3 is 15.3 Å². The molecule has 3 N–H and O–H groups in total. The van der Waals surface area contributed by atoms with Gasteiger partial charge in [-0.05, 0) is 42.9 Å². The number of phenols is 3. The molecule has 0 amide bonds. The lowest BCUT2D eigenvalue weighted by Crippen LogP contribution is -2.27. The second-order valence-corrected chi connectivity index (χ2v) is 8.65. The molecule has 1 aliphatic heterocycles. The second kappa shape index (κ2) is 6.36. The molecule has 4 rings (SSSR count). The van der Waals surface area contributed by atoms with Crippen LogP contribution in [0.25, 0.3) is 21.5 Å². The summed E-state index contributed by atoms with van der Waals surface area (Å²) >= 11 is 0. The van der Waals surface area contributed by atoms with Crippen LogP contribution in [-0.4, -0.2) is 21.0 Å². The molecule has 0 spiro atoms. The van der Waals surface area contributed by atoms with Gasteiger partial charge in [0.05, 0.1) is 21.5 Å². The number of hydrogen-bond acceptors (Lipinski definition) is 5. The van der Waals surface area contributed by atoms with Crippen LogP contribution in [-0.2, 0) is 0 Å². The maximum absolute atomic E-state index is 11.0. The highest BCUT2D eigenvalue weighted by atomic mass is 16.3. The highest BCUT2D eigenvalue weighted by molar-refractivity contribution is 6.12. The lowest BCUT2D eigenvalue weighted by Gasteiger charge is -2.27. The second-order valence-electron chi connectivity index (χ2n) is 8.65. The van der Waals surface area contributed by atoms with Crippen molar-refractivity contribution in [3.8, 4) is 17.2 Å². The minimum absolute atomic E-state index is 0.0133. The number of fused-ring (bicyclic) bond motifs is 4. The van der Waals surface area contributed by atoms with E-state index in [1.807, 2.05) is 6.07 Å². The molecule has 0 unspecified atom stereocenters. The highest BCUT2D eigenvalue weighted by Crippen LogP contribution is 2.44. The molecule has 1 aliphatic rings. The molecule has 28 heavy (non-hydrogen) atoms. The third-order valence-electron chi connectivity index (χ3n) is 5.30. The van der Waals surface area contributed by atoms with Crippen LogP contribution in [0.1, 0.15) is 40.5 Å². The van der Waals surface area contributed by atoms with Crippen molar-refractivity contribution in [1.82, 2.24) is 0 Å². The summed E-state index contributed by atoms with van der Waals surface area (Å²) in [6.07, 6.45) is 1.64. The quantitative estimate of drug-likeness (QED) is 0.471. The molecule has 0 saturated heterocycles. The molecule has 0 saturated carbocycles. The van der Waals surface area contributed by atoms with E-state index in [4.69, 9.17) is 9.98 Å². The monoisotopic (exact) mass is 378 g/mol. The first kappa shape index (κ1) is 18.5.